The molecule has 0 aliphatic heterocycles. The smallest absolute Gasteiger partial charge is 0.340 e. The number of nitrogens with one attached hydrogen (secondary N) is 1. The van der Waals surface area contributed by atoms with Gasteiger partial charge in [0.05, 0.1) is 24.6 Å². The summed E-state index contributed by atoms with van der Waals surface area (Å²) in [5, 5.41) is 3.38. The van der Waals surface area contributed by atoms with Crippen molar-refractivity contribution >= 4 is 11.7 Å². The van der Waals surface area contributed by atoms with Crippen molar-refractivity contribution in [1.29, 1.82) is 0 Å². The molecule has 22 heavy (non-hydrogen) atoms. The summed E-state index contributed by atoms with van der Waals surface area (Å²) >= 11 is 0. The summed E-state index contributed by atoms with van der Waals surface area (Å²) in [4.78, 5) is 15.9. The number of benzene rings is 1. The van der Waals surface area contributed by atoms with Crippen molar-refractivity contribution in [2.24, 2.45) is 0 Å². The van der Waals surface area contributed by atoms with Crippen LogP contribution in [0.15, 0.2) is 42.7 Å². The van der Waals surface area contributed by atoms with Crippen molar-refractivity contribution in [1.82, 2.24) is 4.98 Å². The Morgan fingerprint density at radius 3 is 3.09 bits per heavy atom. The second-order valence-electron chi connectivity index (χ2n) is 5.58. The first-order valence-corrected chi connectivity index (χ1v) is 7.63. The Bertz CT molecular complexity index is 670. The molecule has 0 saturated heterocycles. The number of aryl methyl sites for hydroxylation is 1. The number of anilines is 1. The van der Waals surface area contributed by atoms with Crippen molar-refractivity contribution in [3.8, 4) is 0 Å². The maximum Gasteiger partial charge on any atom is 0.340 e. The normalized spacial score (nSPS) is 16.7. The fraction of sp³-hybridized carbons (Fsp3) is 0.333. The van der Waals surface area contributed by atoms with Gasteiger partial charge in [-0.3, -0.25) is 4.98 Å². The zero-order valence-corrected chi connectivity index (χ0v) is 12.7. The lowest BCUT2D eigenvalue weighted by molar-refractivity contribution is 0.0601. The summed E-state index contributed by atoms with van der Waals surface area (Å²) in [5.74, 6) is 0.129. The van der Waals surface area contributed by atoms with Gasteiger partial charge in [0.1, 0.15) is 0 Å². The SMILES string of the molecule is COC(=O)c1ccncc1NC[C@@H]1CCCc2ccccc21. The van der Waals surface area contributed by atoms with Crippen molar-refractivity contribution in [3.63, 3.8) is 0 Å². The zero-order chi connectivity index (χ0) is 15.4. The molecule has 4 nitrogen and oxygen atoms in total. The third kappa shape index (κ3) is 2.96. The highest BCUT2D eigenvalue weighted by atomic mass is 16.5. The topological polar surface area (TPSA) is 51.2 Å². The van der Waals surface area contributed by atoms with Gasteiger partial charge in [0, 0.05) is 18.7 Å². The molecular weight excluding hydrogens is 276 g/mol. The molecule has 1 heterocycles. The Balaban J connectivity index is 1.76. The first-order chi connectivity index (χ1) is 10.8. The van der Waals surface area contributed by atoms with E-state index < -0.39 is 0 Å². The Morgan fingerprint density at radius 2 is 2.23 bits per heavy atom. The second kappa shape index (κ2) is 6.60. The van der Waals surface area contributed by atoms with Crippen LogP contribution >= 0.6 is 0 Å². The molecule has 1 aliphatic rings. The van der Waals surface area contributed by atoms with Crippen LogP contribution < -0.4 is 5.32 Å². The van der Waals surface area contributed by atoms with Gasteiger partial charge in [-0.25, -0.2) is 4.79 Å². The van der Waals surface area contributed by atoms with Crippen molar-refractivity contribution in [2.75, 3.05) is 19.0 Å². The Kier molecular flexibility index (Phi) is 4.37. The molecule has 1 aromatic carbocycles. The van der Waals surface area contributed by atoms with Crippen LogP contribution in [0.25, 0.3) is 0 Å². The Labute approximate surface area is 130 Å². The highest BCUT2D eigenvalue weighted by Gasteiger charge is 2.20. The van der Waals surface area contributed by atoms with Crippen molar-refractivity contribution < 1.29 is 9.53 Å². The number of carbonyl (C=O) groups is 1. The number of hydrogen-bond donors (Lipinski definition) is 1. The third-order valence-electron chi connectivity index (χ3n) is 4.26. The first-order valence-electron chi connectivity index (χ1n) is 7.63. The van der Waals surface area contributed by atoms with Crippen LogP contribution in [0.1, 0.15) is 40.2 Å². The molecule has 114 valence electrons. The molecule has 1 N–H and O–H groups in total. The number of ether oxygens (including phenoxy) is 1. The van der Waals surface area contributed by atoms with Gasteiger partial charge in [-0.15, -0.1) is 0 Å². The maximum atomic E-state index is 11.8. The quantitative estimate of drug-likeness (QED) is 0.879. The molecule has 0 radical (unpaired) electrons. The molecule has 0 amide bonds. The fourth-order valence-electron chi connectivity index (χ4n) is 3.12. The van der Waals surface area contributed by atoms with Crippen LogP contribution in [-0.4, -0.2) is 24.6 Å². The molecule has 0 bridgehead atoms. The molecule has 3 rings (SSSR count). The third-order valence-corrected chi connectivity index (χ3v) is 4.26. The van der Waals surface area contributed by atoms with Crippen molar-refractivity contribution in [3.05, 3.63) is 59.4 Å². The van der Waals surface area contributed by atoms with E-state index in [2.05, 4.69) is 34.6 Å². The van der Waals surface area contributed by atoms with Gasteiger partial charge in [-0.05, 0) is 36.5 Å². The maximum absolute atomic E-state index is 11.8. The molecule has 0 spiro atoms. The lowest BCUT2D eigenvalue weighted by Crippen LogP contribution is -2.19. The van der Waals surface area contributed by atoms with E-state index in [0.717, 1.165) is 25.1 Å². The molecule has 0 saturated carbocycles. The van der Waals surface area contributed by atoms with E-state index in [0.29, 0.717) is 11.5 Å². The van der Waals surface area contributed by atoms with Gasteiger partial charge in [-0.2, -0.15) is 0 Å². The van der Waals surface area contributed by atoms with Crippen molar-refractivity contribution in [2.45, 2.75) is 25.2 Å². The van der Waals surface area contributed by atoms with Crippen LogP contribution in [0.4, 0.5) is 5.69 Å². The summed E-state index contributed by atoms with van der Waals surface area (Å²) in [5.41, 5.74) is 4.13. The summed E-state index contributed by atoms with van der Waals surface area (Å²) in [6.07, 6.45) is 6.82. The number of fused-ring (bicyclic) bond motifs is 1. The van der Waals surface area contributed by atoms with Gasteiger partial charge < -0.3 is 10.1 Å². The number of nitrogens with zero attached hydrogens (tertiary/aromatic N) is 1. The lowest BCUT2D eigenvalue weighted by atomic mass is 9.83. The first kappa shape index (κ1) is 14.6. The molecular formula is C18H20N2O2. The van der Waals surface area contributed by atoms with E-state index in [1.165, 1.54) is 24.7 Å². The van der Waals surface area contributed by atoms with Crippen LogP contribution in [0.3, 0.4) is 0 Å². The second-order valence-corrected chi connectivity index (χ2v) is 5.58. The minimum atomic E-state index is -0.339. The monoisotopic (exact) mass is 296 g/mol. The van der Waals surface area contributed by atoms with Crippen LogP contribution in [0.2, 0.25) is 0 Å². The average Bonchev–Trinajstić information content (AvgIpc) is 2.59. The van der Waals surface area contributed by atoms with Gasteiger partial charge in [0.15, 0.2) is 0 Å². The standard InChI is InChI=1S/C18H20N2O2/c1-22-18(21)16-9-10-19-12-17(16)20-11-14-7-4-6-13-5-2-3-8-15(13)14/h2-3,5,8-10,12,14,20H,4,6-7,11H2,1H3/t14-/m0/s1. The van der Waals surface area contributed by atoms with E-state index in [4.69, 9.17) is 4.74 Å². The summed E-state index contributed by atoms with van der Waals surface area (Å²) in [6.45, 7) is 0.798. The fourth-order valence-corrected chi connectivity index (χ4v) is 3.12. The summed E-state index contributed by atoms with van der Waals surface area (Å²) in [6, 6.07) is 10.3. The van der Waals surface area contributed by atoms with E-state index in [1.807, 2.05) is 0 Å². The number of esters is 1. The van der Waals surface area contributed by atoms with Crippen LogP contribution in [0.5, 0.6) is 0 Å². The highest BCUT2D eigenvalue weighted by Crippen LogP contribution is 2.31. The molecule has 1 aromatic heterocycles. The van der Waals surface area contributed by atoms with Gasteiger partial charge >= 0.3 is 5.97 Å². The number of carbonyl (C=O) groups excluding carboxylic acids is 1. The summed E-state index contributed by atoms with van der Waals surface area (Å²) < 4.78 is 4.82. The molecule has 1 aliphatic carbocycles. The van der Waals surface area contributed by atoms with E-state index in [1.54, 1.807) is 18.5 Å². The van der Waals surface area contributed by atoms with Crippen LogP contribution in [-0.2, 0) is 11.2 Å². The number of rotatable bonds is 4. The molecule has 1 atom stereocenters. The molecule has 0 unspecified atom stereocenters. The zero-order valence-electron chi connectivity index (χ0n) is 12.7. The van der Waals surface area contributed by atoms with Gasteiger partial charge in [0.2, 0.25) is 0 Å². The highest BCUT2D eigenvalue weighted by molar-refractivity contribution is 5.95. The predicted octanol–water partition coefficient (Wildman–Crippen LogP) is 3.40. The van der Waals surface area contributed by atoms with E-state index in [-0.39, 0.29) is 5.97 Å². The largest absolute Gasteiger partial charge is 0.465 e. The predicted molar refractivity (Wildman–Crippen MR) is 86.2 cm³/mol. The molecule has 2 aromatic rings. The average molecular weight is 296 g/mol. The Hall–Kier alpha value is -2.36. The number of pyridine rings is 1. The molecule has 0 fully saturated rings. The van der Waals surface area contributed by atoms with Crippen LogP contribution in [0, 0.1) is 0 Å². The number of hydrogen-bond acceptors (Lipinski definition) is 4. The minimum absolute atomic E-state index is 0.339. The lowest BCUT2D eigenvalue weighted by Gasteiger charge is -2.26. The summed E-state index contributed by atoms with van der Waals surface area (Å²) in [7, 11) is 1.39. The van der Waals surface area contributed by atoms with E-state index in [9.17, 15) is 4.79 Å². The number of methoxy groups -OCH3 is 1. The van der Waals surface area contributed by atoms with E-state index >= 15 is 0 Å². The van der Waals surface area contributed by atoms with Gasteiger partial charge in [-0.1, -0.05) is 24.3 Å². The Morgan fingerprint density at radius 1 is 1.36 bits per heavy atom. The molecule has 4 heteroatoms. The minimum Gasteiger partial charge on any atom is -0.465 e. The van der Waals surface area contributed by atoms with Gasteiger partial charge in [0.25, 0.3) is 0 Å². The number of aromatic nitrogens is 1.